The third-order valence-corrected chi connectivity index (χ3v) is 3.94. The van der Waals surface area contributed by atoms with Gasteiger partial charge in [-0.3, -0.25) is 14.9 Å². The first-order chi connectivity index (χ1) is 10.5. The lowest BCUT2D eigenvalue weighted by molar-refractivity contribution is -0.384. The summed E-state index contributed by atoms with van der Waals surface area (Å²) in [6.45, 7) is 3.86. The molecule has 0 fully saturated rings. The van der Waals surface area contributed by atoms with Gasteiger partial charge in [-0.15, -0.1) is 11.8 Å². The van der Waals surface area contributed by atoms with Crippen LogP contribution in [-0.2, 0) is 4.79 Å². The van der Waals surface area contributed by atoms with Crippen molar-refractivity contribution in [2.45, 2.75) is 18.7 Å². The van der Waals surface area contributed by atoms with E-state index in [2.05, 4.69) is 0 Å². The van der Waals surface area contributed by atoms with Crippen molar-refractivity contribution in [1.82, 2.24) is 0 Å². The lowest BCUT2D eigenvalue weighted by Crippen LogP contribution is -2.11. The number of carbonyl (C=O) groups excluding carboxylic acids is 1. The van der Waals surface area contributed by atoms with Gasteiger partial charge in [-0.1, -0.05) is 17.7 Å². The number of hydrogen-bond donors (Lipinski definition) is 0. The maximum atomic E-state index is 11.8. The van der Waals surface area contributed by atoms with Gasteiger partial charge in [-0.2, -0.15) is 0 Å². The lowest BCUT2D eigenvalue weighted by atomic mass is 10.1. The largest absolute Gasteiger partial charge is 0.426 e. The Hall–Kier alpha value is -2.34. The van der Waals surface area contributed by atoms with Gasteiger partial charge in [0.05, 0.1) is 10.7 Å². The van der Waals surface area contributed by atoms with Crippen LogP contribution >= 0.6 is 11.8 Å². The zero-order chi connectivity index (χ0) is 16.1. The second-order valence-corrected chi connectivity index (χ2v) is 5.83. The van der Waals surface area contributed by atoms with E-state index in [-0.39, 0.29) is 17.4 Å². The number of ether oxygens (including phenoxy) is 1. The van der Waals surface area contributed by atoms with Gasteiger partial charge in [-0.25, -0.2) is 0 Å². The summed E-state index contributed by atoms with van der Waals surface area (Å²) in [4.78, 5) is 22.7. The number of nitrogens with zero attached hydrogens (tertiary/aromatic N) is 1. The van der Waals surface area contributed by atoms with Crippen molar-refractivity contribution in [1.29, 1.82) is 0 Å². The van der Waals surface area contributed by atoms with E-state index in [0.717, 1.165) is 16.0 Å². The van der Waals surface area contributed by atoms with Crippen LogP contribution < -0.4 is 4.74 Å². The van der Waals surface area contributed by atoms with E-state index >= 15 is 0 Å². The van der Waals surface area contributed by atoms with Gasteiger partial charge in [-0.05, 0) is 37.6 Å². The normalized spacial score (nSPS) is 10.3. The van der Waals surface area contributed by atoms with Gasteiger partial charge in [0.25, 0.3) is 5.69 Å². The Labute approximate surface area is 132 Å². The number of nitro groups is 1. The highest BCUT2D eigenvalue weighted by Gasteiger charge is 2.09. The number of hydrogen-bond acceptors (Lipinski definition) is 5. The third-order valence-electron chi connectivity index (χ3n) is 2.96. The lowest BCUT2D eigenvalue weighted by Gasteiger charge is -2.08. The first-order valence-electron chi connectivity index (χ1n) is 6.61. The van der Waals surface area contributed by atoms with Gasteiger partial charge >= 0.3 is 5.97 Å². The zero-order valence-electron chi connectivity index (χ0n) is 12.2. The molecule has 2 aromatic carbocycles. The fraction of sp³-hybridized carbons (Fsp3) is 0.188. The van der Waals surface area contributed by atoms with Crippen LogP contribution in [-0.4, -0.2) is 16.6 Å². The molecule has 114 valence electrons. The molecule has 0 aliphatic carbocycles. The first-order valence-corrected chi connectivity index (χ1v) is 7.59. The van der Waals surface area contributed by atoms with Gasteiger partial charge < -0.3 is 4.74 Å². The van der Waals surface area contributed by atoms with E-state index in [0.29, 0.717) is 5.75 Å². The van der Waals surface area contributed by atoms with Crippen molar-refractivity contribution in [3.8, 4) is 5.75 Å². The molecule has 0 heterocycles. The van der Waals surface area contributed by atoms with Crippen LogP contribution in [0.1, 0.15) is 11.1 Å². The number of nitro benzene ring substituents is 1. The predicted octanol–water partition coefficient (Wildman–Crippen LogP) is 3.91. The number of carbonyl (C=O) groups is 1. The maximum absolute atomic E-state index is 11.8. The Kier molecular flexibility index (Phi) is 5.16. The summed E-state index contributed by atoms with van der Waals surface area (Å²) in [5.74, 6) is 0.348. The average molecular weight is 317 g/mol. The smallest absolute Gasteiger partial charge is 0.321 e. The highest BCUT2D eigenvalue weighted by molar-refractivity contribution is 8.00. The van der Waals surface area contributed by atoms with Crippen LogP contribution in [0.3, 0.4) is 0 Å². The van der Waals surface area contributed by atoms with E-state index in [1.54, 1.807) is 18.2 Å². The van der Waals surface area contributed by atoms with Gasteiger partial charge in [0.15, 0.2) is 0 Å². The molecule has 6 heteroatoms. The van der Waals surface area contributed by atoms with E-state index in [1.165, 1.54) is 23.9 Å². The molecule has 0 spiro atoms. The van der Waals surface area contributed by atoms with Crippen LogP contribution in [0, 0.1) is 24.0 Å². The molecule has 0 aromatic heterocycles. The Morgan fingerprint density at radius 1 is 1.18 bits per heavy atom. The first kappa shape index (κ1) is 16.0. The van der Waals surface area contributed by atoms with Crippen LogP contribution in [0.2, 0.25) is 0 Å². The van der Waals surface area contributed by atoms with Gasteiger partial charge in [0.1, 0.15) is 5.75 Å². The molecule has 0 bridgehead atoms. The number of non-ortho nitro benzene ring substituents is 1. The van der Waals surface area contributed by atoms with Crippen LogP contribution in [0.25, 0.3) is 0 Å². The summed E-state index contributed by atoms with van der Waals surface area (Å²) in [5.41, 5.74) is 2.05. The van der Waals surface area contributed by atoms with Crippen molar-refractivity contribution in [3.63, 3.8) is 0 Å². The fourth-order valence-corrected chi connectivity index (χ4v) is 2.54. The minimum atomic E-state index is -0.455. The monoisotopic (exact) mass is 317 g/mol. The highest BCUT2D eigenvalue weighted by Crippen LogP contribution is 2.23. The summed E-state index contributed by atoms with van der Waals surface area (Å²) in [6.07, 6.45) is 0. The second kappa shape index (κ2) is 7.09. The molecule has 0 aliphatic heterocycles. The Balaban J connectivity index is 1.91. The fourth-order valence-electron chi connectivity index (χ4n) is 1.87. The van der Waals surface area contributed by atoms with Gasteiger partial charge in [0.2, 0.25) is 0 Å². The third kappa shape index (κ3) is 4.33. The number of esters is 1. The van der Waals surface area contributed by atoms with Crippen molar-refractivity contribution in [2.24, 2.45) is 0 Å². The molecule has 0 amide bonds. The predicted molar refractivity (Wildman–Crippen MR) is 85.4 cm³/mol. The molecular formula is C16H15NO4S. The minimum Gasteiger partial charge on any atom is -0.426 e. The standard InChI is InChI=1S/C16H15NO4S/c1-11-3-8-15(12(2)9-11)21-16(18)10-22-14-6-4-13(5-7-14)17(19)20/h3-9H,10H2,1-2H3. The molecule has 0 N–H and O–H groups in total. The average Bonchev–Trinajstić information content (AvgIpc) is 2.48. The molecule has 5 nitrogen and oxygen atoms in total. The summed E-state index contributed by atoms with van der Waals surface area (Å²) >= 11 is 1.28. The Morgan fingerprint density at radius 3 is 2.45 bits per heavy atom. The van der Waals surface area contributed by atoms with Crippen molar-refractivity contribution in [2.75, 3.05) is 5.75 Å². The zero-order valence-corrected chi connectivity index (χ0v) is 13.1. The van der Waals surface area contributed by atoms with Gasteiger partial charge in [0, 0.05) is 17.0 Å². The molecular weight excluding hydrogens is 302 g/mol. The quantitative estimate of drug-likeness (QED) is 0.275. The second-order valence-electron chi connectivity index (χ2n) is 4.78. The summed E-state index contributed by atoms with van der Waals surface area (Å²) < 4.78 is 5.32. The summed E-state index contributed by atoms with van der Waals surface area (Å²) in [5, 5.41) is 10.6. The number of rotatable bonds is 5. The molecule has 0 aliphatic rings. The van der Waals surface area contributed by atoms with E-state index < -0.39 is 4.92 Å². The number of benzene rings is 2. The van der Waals surface area contributed by atoms with Crippen LogP contribution in [0.5, 0.6) is 5.75 Å². The number of thioether (sulfide) groups is 1. The Morgan fingerprint density at radius 2 is 1.86 bits per heavy atom. The molecule has 0 saturated heterocycles. The maximum Gasteiger partial charge on any atom is 0.321 e. The van der Waals surface area contributed by atoms with E-state index in [4.69, 9.17) is 4.74 Å². The molecule has 0 unspecified atom stereocenters. The topological polar surface area (TPSA) is 69.4 Å². The summed E-state index contributed by atoms with van der Waals surface area (Å²) in [7, 11) is 0. The molecule has 0 atom stereocenters. The molecule has 2 rings (SSSR count). The van der Waals surface area contributed by atoms with E-state index in [9.17, 15) is 14.9 Å². The van der Waals surface area contributed by atoms with Crippen LogP contribution in [0.15, 0.2) is 47.4 Å². The SMILES string of the molecule is Cc1ccc(OC(=O)CSc2ccc([N+](=O)[O-])cc2)c(C)c1. The van der Waals surface area contributed by atoms with E-state index in [1.807, 2.05) is 26.0 Å². The van der Waals surface area contributed by atoms with Crippen molar-refractivity contribution < 1.29 is 14.5 Å². The minimum absolute atomic E-state index is 0.0298. The van der Waals surface area contributed by atoms with Crippen LogP contribution in [0.4, 0.5) is 5.69 Å². The Bertz CT molecular complexity index is 698. The van der Waals surface area contributed by atoms with Crippen molar-refractivity contribution >= 4 is 23.4 Å². The highest BCUT2D eigenvalue weighted by atomic mass is 32.2. The molecule has 2 aromatic rings. The molecule has 0 saturated carbocycles. The molecule has 0 radical (unpaired) electrons. The molecule has 22 heavy (non-hydrogen) atoms. The van der Waals surface area contributed by atoms with Crippen molar-refractivity contribution in [3.05, 3.63) is 63.7 Å². The summed E-state index contributed by atoms with van der Waals surface area (Å²) in [6, 6.07) is 11.7. The number of aryl methyl sites for hydroxylation is 2.